The summed E-state index contributed by atoms with van der Waals surface area (Å²) in [7, 11) is 2.00. The van der Waals surface area contributed by atoms with Crippen molar-refractivity contribution in [3.05, 3.63) is 35.9 Å². The van der Waals surface area contributed by atoms with E-state index in [1.54, 1.807) is 6.92 Å². The summed E-state index contributed by atoms with van der Waals surface area (Å²) in [6, 6.07) is 10.5. The number of likely N-dealkylation sites (N-methyl/N-ethyl adjacent to an activating group) is 1. The van der Waals surface area contributed by atoms with Crippen LogP contribution >= 0.6 is 0 Å². The molecule has 19 heavy (non-hydrogen) atoms. The zero-order valence-corrected chi connectivity index (χ0v) is 12.2. The van der Waals surface area contributed by atoms with Gasteiger partial charge in [-0.1, -0.05) is 50.6 Å². The molecule has 1 rings (SSSR count). The maximum absolute atomic E-state index is 10.9. The molecule has 0 heterocycles. The minimum atomic E-state index is -0.724. The van der Waals surface area contributed by atoms with Gasteiger partial charge in [0.1, 0.15) is 0 Å². The van der Waals surface area contributed by atoms with Crippen LogP contribution in [-0.4, -0.2) is 36.1 Å². The average Bonchev–Trinajstić information content (AvgIpc) is 2.39. The van der Waals surface area contributed by atoms with Crippen molar-refractivity contribution in [2.24, 2.45) is 5.92 Å². The number of carboxylic acids is 1. The van der Waals surface area contributed by atoms with Crippen LogP contribution in [0.4, 0.5) is 0 Å². The lowest BCUT2D eigenvalue weighted by molar-refractivity contribution is -0.141. The number of carboxylic acid groups (broad SMARTS) is 1. The summed E-state index contributed by atoms with van der Waals surface area (Å²) in [6.45, 7) is 5.46. The first-order valence-electron chi connectivity index (χ1n) is 7.00. The van der Waals surface area contributed by atoms with Crippen LogP contribution in [0.3, 0.4) is 0 Å². The molecule has 0 aliphatic heterocycles. The van der Waals surface area contributed by atoms with Crippen LogP contribution in [0.1, 0.15) is 38.2 Å². The molecule has 0 aliphatic rings. The lowest BCUT2D eigenvalue weighted by Crippen LogP contribution is -2.32. The minimum Gasteiger partial charge on any atom is -0.481 e. The molecular formula is C16H25NO2. The lowest BCUT2D eigenvalue weighted by Gasteiger charge is -2.25. The Bertz CT molecular complexity index is 378. The molecular weight excluding hydrogens is 238 g/mol. The van der Waals surface area contributed by atoms with Crippen LogP contribution in [0.2, 0.25) is 0 Å². The first kappa shape index (κ1) is 15.7. The van der Waals surface area contributed by atoms with Gasteiger partial charge in [-0.2, -0.15) is 0 Å². The molecule has 0 amide bonds. The molecule has 0 saturated heterocycles. The zero-order valence-electron chi connectivity index (χ0n) is 12.2. The third kappa shape index (κ3) is 5.43. The highest BCUT2D eigenvalue weighted by Crippen LogP contribution is 2.22. The lowest BCUT2D eigenvalue weighted by atomic mass is 9.94. The molecule has 0 aromatic heterocycles. The van der Waals surface area contributed by atoms with Crippen LogP contribution in [-0.2, 0) is 4.79 Å². The SMILES string of the molecule is CCCC(CN(C)CC(C)C(=O)O)c1ccccc1. The van der Waals surface area contributed by atoms with Crippen molar-refractivity contribution in [2.45, 2.75) is 32.6 Å². The Morgan fingerprint density at radius 2 is 1.89 bits per heavy atom. The highest BCUT2D eigenvalue weighted by Gasteiger charge is 2.17. The molecule has 3 nitrogen and oxygen atoms in total. The van der Waals surface area contributed by atoms with Crippen LogP contribution < -0.4 is 0 Å². The van der Waals surface area contributed by atoms with Crippen LogP contribution in [0.15, 0.2) is 30.3 Å². The minimum absolute atomic E-state index is 0.317. The fraction of sp³-hybridized carbons (Fsp3) is 0.562. The fourth-order valence-electron chi connectivity index (χ4n) is 2.43. The Kier molecular flexibility index (Phi) is 6.57. The second-order valence-electron chi connectivity index (χ2n) is 5.36. The van der Waals surface area contributed by atoms with Gasteiger partial charge in [0, 0.05) is 13.1 Å². The van der Waals surface area contributed by atoms with Gasteiger partial charge in [0.2, 0.25) is 0 Å². The fourth-order valence-corrected chi connectivity index (χ4v) is 2.43. The Morgan fingerprint density at radius 3 is 2.42 bits per heavy atom. The van der Waals surface area contributed by atoms with Crippen molar-refractivity contribution in [3.8, 4) is 0 Å². The van der Waals surface area contributed by atoms with E-state index >= 15 is 0 Å². The monoisotopic (exact) mass is 263 g/mol. The molecule has 106 valence electrons. The molecule has 1 aromatic carbocycles. The number of nitrogens with zero attached hydrogens (tertiary/aromatic N) is 1. The van der Waals surface area contributed by atoms with Gasteiger partial charge in [-0.25, -0.2) is 0 Å². The summed E-state index contributed by atoms with van der Waals surface area (Å²) in [5, 5.41) is 8.96. The summed E-state index contributed by atoms with van der Waals surface area (Å²) >= 11 is 0. The third-order valence-electron chi connectivity index (χ3n) is 3.45. The van der Waals surface area contributed by atoms with Crippen LogP contribution in [0.5, 0.6) is 0 Å². The number of rotatable bonds is 8. The Morgan fingerprint density at radius 1 is 1.26 bits per heavy atom. The van der Waals surface area contributed by atoms with Gasteiger partial charge in [-0.3, -0.25) is 4.79 Å². The van der Waals surface area contributed by atoms with E-state index in [1.165, 1.54) is 5.56 Å². The standard InChI is InChI=1S/C16H25NO2/c1-4-8-15(14-9-6-5-7-10-14)12-17(3)11-13(2)16(18)19/h5-7,9-10,13,15H,4,8,11-12H2,1-3H3,(H,18,19). The van der Waals surface area contributed by atoms with Crippen molar-refractivity contribution < 1.29 is 9.90 Å². The Labute approximate surface area is 116 Å². The van der Waals surface area contributed by atoms with E-state index < -0.39 is 5.97 Å². The quantitative estimate of drug-likeness (QED) is 0.783. The molecule has 0 fully saturated rings. The molecule has 0 bridgehead atoms. The summed E-state index contributed by atoms with van der Waals surface area (Å²) < 4.78 is 0. The van der Waals surface area contributed by atoms with E-state index in [1.807, 2.05) is 13.1 Å². The summed E-state index contributed by atoms with van der Waals surface area (Å²) in [5.74, 6) is -0.557. The molecule has 0 spiro atoms. The normalized spacial score (nSPS) is 14.3. The number of aliphatic carboxylic acids is 1. The van der Waals surface area contributed by atoms with E-state index in [4.69, 9.17) is 5.11 Å². The van der Waals surface area contributed by atoms with Gasteiger partial charge in [-0.05, 0) is 24.9 Å². The van der Waals surface area contributed by atoms with Gasteiger partial charge in [0.05, 0.1) is 5.92 Å². The van der Waals surface area contributed by atoms with E-state index in [0.717, 1.165) is 19.4 Å². The number of carbonyl (C=O) groups is 1. The largest absolute Gasteiger partial charge is 0.481 e. The molecule has 1 N–H and O–H groups in total. The molecule has 0 aliphatic carbocycles. The van der Waals surface area contributed by atoms with Gasteiger partial charge >= 0.3 is 5.97 Å². The van der Waals surface area contributed by atoms with Crippen molar-refractivity contribution in [1.29, 1.82) is 0 Å². The number of hydrogen-bond donors (Lipinski definition) is 1. The molecule has 1 aromatic rings. The smallest absolute Gasteiger partial charge is 0.307 e. The highest BCUT2D eigenvalue weighted by molar-refractivity contribution is 5.69. The Hall–Kier alpha value is -1.35. The second-order valence-corrected chi connectivity index (χ2v) is 5.36. The first-order chi connectivity index (χ1) is 9.04. The van der Waals surface area contributed by atoms with Crippen molar-refractivity contribution >= 4 is 5.97 Å². The van der Waals surface area contributed by atoms with E-state index in [9.17, 15) is 4.79 Å². The summed E-state index contributed by atoms with van der Waals surface area (Å²) in [6.07, 6.45) is 2.28. The van der Waals surface area contributed by atoms with Crippen molar-refractivity contribution in [1.82, 2.24) is 4.90 Å². The predicted octanol–water partition coefficient (Wildman–Crippen LogP) is 3.22. The highest BCUT2D eigenvalue weighted by atomic mass is 16.4. The number of benzene rings is 1. The molecule has 3 heteroatoms. The van der Waals surface area contributed by atoms with Crippen LogP contribution in [0, 0.1) is 5.92 Å². The van der Waals surface area contributed by atoms with E-state index in [2.05, 4.69) is 36.1 Å². The maximum Gasteiger partial charge on any atom is 0.307 e. The molecule has 0 saturated carbocycles. The van der Waals surface area contributed by atoms with Gasteiger partial charge < -0.3 is 10.0 Å². The van der Waals surface area contributed by atoms with Crippen LogP contribution in [0.25, 0.3) is 0 Å². The molecule has 2 unspecified atom stereocenters. The van der Waals surface area contributed by atoms with E-state index in [0.29, 0.717) is 12.5 Å². The van der Waals surface area contributed by atoms with E-state index in [-0.39, 0.29) is 5.92 Å². The maximum atomic E-state index is 10.9. The predicted molar refractivity (Wildman–Crippen MR) is 78.4 cm³/mol. The second kappa shape index (κ2) is 7.95. The summed E-state index contributed by atoms with van der Waals surface area (Å²) in [5.41, 5.74) is 1.35. The van der Waals surface area contributed by atoms with Gasteiger partial charge in [-0.15, -0.1) is 0 Å². The van der Waals surface area contributed by atoms with Gasteiger partial charge in [0.25, 0.3) is 0 Å². The zero-order chi connectivity index (χ0) is 14.3. The summed E-state index contributed by atoms with van der Waals surface area (Å²) in [4.78, 5) is 13.0. The molecule has 0 radical (unpaired) electrons. The van der Waals surface area contributed by atoms with Gasteiger partial charge in [0.15, 0.2) is 0 Å². The first-order valence-corrected chi connectivity index (χ1v) is 7.00. The topological polar surface area (TPSA) is 40.5 Å². The van der Waals surface area contributed by atoms with Crippen molar-refractivity contribution in [3.63, 3.8) is 0 Å². The average molecular weight is 263 g/mol. The van der Waals surface area contributed by atoms with Crippen molar-refractivity contribution in [2.75, 3.05) is 20.1 Å². The third-order valence-corrected chi connectivity index (χ3v) is 3.45. The number of hydrogen-bond acceptors (Lipinski definition) is 2. The Balaban J connectivity index is 2.61. The molecule has 2 atom stereocenters.